The third-order valence-corrected chi connectivity index (χ3v) is 4.43. The molecule has 1 heterocycles. The Balaban J connectivity index is 1.61. The number of aliphatic hydroxyl groups is 1. The molecule has 1 saturated heterocycles. The monoisotopic (exact) mass is 306 g/mol. The van der Waals surface area contributed by atoms with Gasteiger partial charge in [0, 0.05) is 38.6 Å². The first-order valence-corrected chi connectivity index (χ1v) is 8.44. The van der Waals surface area contributed by atoms with Gasteiger partial charge in [0.15, 0.2) is 0 Å². The number of β-amino-alcohol motifs (C(OH)–C–C–N with tert-alkyl or cyclic N) is 1. The van der Waals surface area contributed by atoms with Gasteiger partial charge in [-0.3, -0.25) is 4.90 Å². The van der Waals surface area contributed by atoms with E-state index in [2.05, 4.69) is 47.9 Å². The van der Waals surface area contributed by atoms with E-state index < -0.39 is 6.10 Å². The molecule has 1 aromatic rings. The highest BCUT2D eigenvalue weighted by atomic mass is 16.5. The van der Waals surface area contributed by atoms with Gasteiger partial charge in [-0.15, -0.1) is 0 Å². The van der Waals surface area contributed by atoms with Crippen molar-refractivity contribution in [3.63, 3.8) is 0 Å². The van der Waals surface area contributed by atoms with Crippen molar-refractivity contribution in [2.75, 3.05) is 52.5 Å². The molecule has 0 amide bonds. The maximum absolute atomic E-state index is 10.1. The van der Waals surface area contributed by atoms with Crippen molar-refractivity contribution in [2.24, 2.45) is 0 Å². The number of hydrogen-bond acceptors (Lipinski definition) is 4. The molecule has 0 spiro atoms. The minimum Gasteiger partial charge on any atom is -0.389 e. The molecule has 2 rings (SSSR count). The summed E-state index contributed by atoms with van der Waals surface area (Å²) in [4.78, 5) is 4.78. The fraction of sp³-hybridized carbons (Fsp3) is 0.667. The van der Waals surface area contributed by atoms with Crippen molar-refractivity contribution in [1.29, 1.82) is 0 Å². The molecule has 4 heteroatoms. The molecule has 2 atom stereocenters. The summed E-state index contributed by atoms with van der Waals surface area (Å²) in [6.07, 6.45) is -0.392. The standard InChI is InChI=1S/C18H30N2O2/c1-3-19-9-11-20(12-10-19)13-18(21)15-22-14-16(2)17-7-5-4-6-8-17/h4-8,16,18,21H,3,9-15H2,1-2H3. The van der Waals surface area contributed by atoms with E-state index in [9.17, 15) is 5.11 Å². The van der Waals surface area contributed by atoms with Gasteiger partial charge in [-0.05, 0) is 12.1 Å². The second-order valence-electron chi connectivity index (χ2n) is 6.24. The van der Waals surface area contributed by atoms with Crippen LogP contribution in [-0.2, 0) is 4.74 Å². The maximum atomic E-state index is 10.1. The number of likely N-dealkylation sites (N-methyl/N-ethyl adjacent to an activating group) is 1. The molecule has 0 aromatic heterocycles. The van der Waals surface area contributed by atoms with Crippen LogP contribution in [0.2, 0.25) is 0 Å². The first kappa shape index (κ1) is 17.4. The first-order chi connectivity index (χ1) is 10.7. The fourth-order valence-corrected chi connectivity index (χ4v) is 2.90. The molecular weight excluding hydrogens is 276 g/mol. The number of rotatable bonds is 8. The average molecular weight is 306 g/mol. The lowest BCUT2D eigenvalue weighted by atomic mass is 10.0. The first-order valence-electron chi connectivity index (χ1n) is 8.44. The van der Waals surface area contributed by atoms with Crippen LogP contribution in [0.3, 0.4) is 0 Å². The van der Waals surface area contributed by atoms with Crippen molar-refractivity contribution in [3.05, 3.63) is 35.9 Å². The number of nitrogens with zero attached hydrogens (tertiary/aromatic N) is 2. The highest BCUT2D eigenvalue weighted by Gasteiger charge is 2.18. The van der Waals surface area contributed by atoms with E-state index >= 15 is 0 Å². The van der Waals surface area contributed by atoms with Gasteiger partial charge >= 0.3 is 0 Å². The number of benzene rings is 1. The second-order valence-corrected chi connectivity index (χ2v) is 6.24. The van der Waals surface area contributed by atoms with Crippen LogP contribution in [0, 0.1) is 0 Å². The van der Waals surface area contributed by atoms with E-state index in [1.54, 1.807) is 0 Å². The summed E-state index contributed by atoms with van der Waals surface area (Å²) < 4.78 is 5.71. The van der Waals surface area contributed by atoms with Crippen LogP contribution < -0.4 is 0 Å². The Morgan fingerprint density at radius 2 is 1.68 bits per heavy atom. The van der Waals surface area contributed by atoms with Gasteiger partial charge in [-0.1, -0.05) is 44.2 Å². The third-order valence-electron chi connectivity index (χ3n) is 4.43. The molecule has 1 aromatic carbocycles. The van der Waals surface area contributed by atoms with E-state index in [1.807, 2.05) is 6.07 Å². The Bertz CT molecular complexity index is 405. The van der Waals surface area contributed by atoms with Crippen molar-refractivity contribution < 1.29 is 9.84 Å². The normalized spacial score (nSPS) is 20.0. The van der Waals surface area contributed by atoms with Gasteiger partial charge in [0.2, 0.25) is 0 Å². The maximum Gasteiger partial charge on any atom is 0.0900 e. The quantitative estimate of drug-likeness (QED) is 0.794. The van der Waals surface area contributed by atoms with Gasteiger partial charge in [0.25, 0.3) is 0 Å². The lowest BCUT2D eigenvalue weighted by molar-refractivity contribution is 0.00458. The van der Waals surface area contributed by atoms with Crippen molar-refractivity contribution in [3.8, 4) is 0 Å². The zero-order chi connectivity index (χ0) is 15.8. The molecule has 0 radical (unpaired) electrons. The molecule has 124 valence electrons. The highest BCUT2D eigenvalue weighted by molar-refractivity contribution is 5.18. The SMILES string of the molecule is CCN1CCN(CC(O)COCC(C)c2ccccc2)CC1. The molecule has 1 aliphatic heterocycles. The molecule has 0 bridgehead atoms. The summed E-state index contributed by atoms with van der Waals surface area (Å²) in [6.45, 7) is 11.6. The summed E-state index contributed by atoms with van der Waals surface area (Å²) >= 11 is 0. The summed E-state index contributed by atoms with van der Waals surface area (Å²) in [6, 6.07) is 10.4. The second kappa shape index (κ2) is 9.26. The molecule has 1 fully saturated rings. The highest BCUT2D eigenvalue weighted by Crippen LogP contribution is 2.14. The van der Waals surface area contributed by atoms with Crippen LogP contribution >= 0.6 is 0 Å². The molecule has 4 nitrogen and oxygen atoms in total. The van der Waals surface area contributed by atoms with E-state index in [1.165, 1.54) is 5.56 Å². The predicted octanol–water partition coefficient (Wildman–Crippen LogP) is 1.81. The van der Waals surface area contributed by atoms with Gasteiger partial charge in [-0.2, -0.15) is 0 Å². The van der Waals surface area contributed by atoms with Gasteiger partial charge in [0.1, 0.15) is 0 Å². The summed E-state index contributed by atoms with van der Waals surface area (Å²) in [5.41, 5.74) is 1.28. The topological polar surface area (TPSA) is 35.9 Å². The van der Waals surface area contributed by atoms with Crippen molar-refractivity contribution >= 4 is 0 Å². The van der Waals surface area contributed by atoms with Crippen LogP contribution in [0.5, 0.6) is 0 Å². The van der Waals surface area contributed by atoms with Crippen LogP contribution in [0.25, 0.3) is 0 Å². The Labute approximate surface area is 134 Å². The lowest BCUT2D eigenvalue weighted by Gasteiger charge is -2.34. The Morgan fingerprint density at radius 1 is 1.05 bits per heavy atom. The van der Waals surface area contributed by atoms with Crippen molar-refractivity contribution in [2.45, 2.75) is 25.9 Å². The summed E-state index contributed by atoms with van der Waals surface area (Å²) in [7, 11) is 0. The molecule has 1 aliphatic rings. The number of aliphatic hydroxyl groups excluding tert-OH is 1. The van der Waals surface area contributed by atoms with Gasteiger partial charge < -0.3 is 14.7 Å². The molecular formula is C18H30N2O2. The van der Waals surface area contributed by atoms with E-state index in [0.717, 1.165) is 39.3 Å². The lowest BCUT2D eigenvalue weighted by Crippen LogP contribution is -2.48. The average Bonchev–Trinajstić information content (AvgIpc) is 2.56. The zero-order valence-corrected chi connectivity index (χ0v) is 13.9. The molecule has 1 N–H and O–H groups in total. The Hall–Kier alpha value is -0.940. The molecule has 0 saturated carbocycles. The van der Waals surface area contributed by atoms with E-state index in [4.69, 9.17) is 4.74 Å². The summed E-state index contributed by atoms with van der Waals surface area (Å²) in [5.74, 6) is 0.362. The molecule has 2 unspecified atom stereocenters. The van der Waals surface area contributed by atoms with E-state index in [0.29, 0.717) is 19.1 Å². The van der Waals surface area contributed by atoms with Crippen LogP contribution in [0.4, 0.5) is 0 Å². The minimum absolute atomic E-state index is 0.362. The molecule has 22 heavy (non-hydrogen) atoms. The number of piperazine rings is 1. The smallest absolute Gasteiger partial charge is 0.0900 e. The Kier molecular flexibility index (Phi) is 7.33. The van der Waals surface area contributed by atoms with Crippen LogP contribution in [0.1, 0.15) is 25.3 Å². The van der Waals surface area contributed by atoms with Crippen LogP contribution in [-0.4, -0.2) is 73.5 Å². The van der Waals surface area contributed by atoms with Crippen molar-refractivity contribution in [1.82, 2.24) is 9.80 Å². The number of ether oxygens (including phenoxy) is 1. The fourth-order valence-electron chi connectivity index (χ4n) is 2.90. The van der Waals surface area contributed by atoms with Crippen LogP contribution in [0.15, 0.2) is 30.3 Å². The zero-order valence-electron chi connectivity index (χ0n) is 13.9. The largest absolute Gasteiger partial charge is 0.389 e. The van der Waals surface area contributed by atoms with Gasteiger partial charge in [0.05, 0.1) is 19.3 Å². The van der Waals surface area contributed by atoms with Gasteiger partial charge in [-0.25, -0.2) is 0 Å². The summed E-state index contributed by atoms with van der Waals surface area (Å²) in [5, 5.41) is 10.1. The minimum atomic E-state index is -0.392. The third kappa shape index (κ3) is 5.69. The Morgan fingerprint density at radius 3 is 2.32 bits per heavy atom. The van der Waals surface area contributed by atoms with E-state index in [-0.39, 0.29) is 0 Å². The molecule has 0 aliphatic carbocycles. The predicted molar refractivity (Wildman–Crippen MR) is 90.2 cm³/mol. The number of hydrogen-bond donors (Lipinski definition) is 1.